The first-order chi connectivity index (χ1) is 21.2. The molecule has 10 heteroatoms. The smallest absolute Gasteiger partial charge is 0.311 e. The van der Waals surface area contributed by atoms with Gasteiger partial charge in [0.25, 0.3) is 0 Å². The topological polar surface area (TPSA) is 188 Å². The number of hydrogen-bond donors (Lipinski definition) is 8. The molecule has 1 heterocycles. The van der Waals surface area contributed by atoms with E-state index in [1.165, 1.54) is 6.08 Å². The van der Waals surface area contributed by atoms with E-state index in [0.717, 1.165) is 6.42 Å². The molecular formula is C35H58O10. The number of esters is 1. The van der Waals surface area contributed by atoms with E-state index in [9.17, 15) is 45.6 Å². The normalized spacial score (nSPS) is 38.6. The van der Waals surface area contributed by atoms with Crippen LogP contribution in [0.4, 0.5) is 0 Å². The van der Waals surface area contributed by atoms with Gasteiger partial charge in [0, 0.05) is 12.8 Å². The van der Waals surface area contributed by atoms with Crippen molar-refractivity contribution in [2.45, 2.75) is 140 Å². The van der Waals surface area contributed by atoms with Gasteiger partial charge in [-0.3, -0.25) is 4.79 Å². The van der Waals surface area contributed by atoms with E-state index in [2.05, 4.69) is 13.8 Å². The van der Waals surface area contributed by atoms with E-state index in [1.54, 1.807) is 62.5 Å². The van der Waals surface area contributed by atoms with Crippen LogP contribution in [-0.4, -0.2) is 102 Å². The summed E-state index contributed by atoms with van der Waals surface area (Å²) < 4.78 is 5.51. The molecule has 0 saturated carbocycles. The highest BCUT2D eigenvalue weighted by atomic mass is 16.6. The molecule has 0 saturated heterocycles. The fraction of sp³-hybridized carbons (Fsp3) is 0.686. The summed E-state index contributed by atoms with van der Waals surface area (Å²) in [6.45, 7) is 7.38. The van der Waals surface area contributed by atoms with Crippen molar-refractivity contribution in [3.63, 3.8) is 0 Å². The number of cyclic esters (lactones) is 1. The van der Waals surface area contributed by atoms with Crippen molar-refractivity contribution in [3.8, 4) is 0 Å². The molecule has 0 aromatic carbocycles. The van der Waals surface area contributed by atoms with Gasteiger partial charge in [-0.05, 0) is 57.4 Å². The summed E-state index contributed by atoms with van der Waals surface area (Å²) in [6, 6.07) is 0. The molecule has 0 aromatic rings. The van der Waals surface area contributed by atoms with Gasteiger partial charge >= 0.3 is 5.97 Å². The van der Waals surface area contributed by atoms with Gasteiger partial charge in [0.15, 0.2) is 0 Å². The quantitative estimate of drug-likeness (QED) is 0.213. The third kappa shape index (κ3) is 18.6. The standard InChI is InChI=1S/C35H58O10/c1-23(2)13-12-15-31-34(43)22-30(40)20-28(38)18-26(36)17-27(37)19-29(39)21-33(42)24(3)14-10-8-6-5-7-9-11-16-32(41)25(4)45-35(31)44/h5-11,14,16,23,25-34,36-43H,12-13,15,17-22H2,1-4H3/b6-5+,9-7+,10-8+,16-11+,24-14+/t25-,26+,27-,28+,29-,30+,31-,32+,33+,34+/m1/s1. The van der Waals surface area contributed by atoms with Crippen LogP contribution in [0.1, 0.15) is 85.5 Å². The number of aliphatic hydroxyl groups is 8. The third-order valence-corrected chi connectivity index (χ3v) is 7.89. The van der Waals surface area contributed by atoms with Crippen molar-refractivity contribution in [2.75, 3.05) is 0 Å². The van der Waals surface area contributed by atoms with E-state index in [4.69, 9.17) is 4.74 Å². The SMILES string of the molecule is C\C1=C/C=C/C=C/C=C/C=C/[C@H](O)[C@@H](C)OC(=O)[C@H](CCCC(C)C)[C@@H](O)C[C@@H](O)C[C@@H](O)C[C@@H](O)C[C@@H](O)C[C@@H](O)C[C@@H]1O. The summed E-state index contributed by atoms with van der Waals surface area (Å²) in [7, 11) is 0. The number of carbonyl (C=O) groups excluding carboxylic acids is 1. The number of rotatable bonds is 4. The zero-order valence-electron chi connectivity index (χ0n) is 27.3. The molecule has 0 unspecified atom stereocenters. The Hall–Kier alpha value is -2.15. The molecule has 1 aliphatic heterocycles. The second-order valence-electron chi connectivity index (χ2n) is 12.8. The summed E-state index contributed by atoms with van der Waals surface area (Å²) in [5, 5.41) is 84.0. The molecule has 0 bridgehead atoms. The van der Waals surface area contributed by atoms with Crippen LogP contribution in [0.15, 0.2) is 60.3 Å². The Kier molecular flexibility index (Phi) is 20.3. The molecule has 0 fully saturated rings. The van der Waals surface area contributed by atoms with Crippen LogP contribution in [0.3, 0.4) is 0 Å². The van der Waals surface area contributed by atoms with Gasteiger partial charge in [-0.2, -0.15) is 0 Å². The monoisotopic (exact) mass is 638 g/mol. The second kappa shape index (κ2) is 22.4. The van der Waals surface area contributed by atoms with E-state index >= 15 is 0 Å². The number of carbonyl (C=O) groups is 1. The fourth-order valence-corrected chi connectivity index (χ4v) is 5.15. The molecule has 0 spiro atoms. The van der Waals surface area contributed by atoms with Gasteiger partial charge < -0.3 is 45.6 Å². The predicted molar refractivity (Wildman–Crippen MR) is 174 cm³/mol. The van der Waals surface area contributed by atoms with Crippen molar-refractivity contribution >= 4 is 5.97 Å². The zero-order chi connectivity index (χ0) is 33.9. The van der Waals surface area contributed by atoms with Gasteiger partial charge in [-0.15, -0.1) is 0 Å². The summed E-state index contributed by atoms with van der Waals surface area (Å²) >= 11 is 0. The van der Waals surface area contributed by atoms with Crippen LogP contribution in [0.25, 0.3) is 0 Å². The predicted octanol–water partition coefficient (Wildman–Crippen LogP) is 2.77. The third-order valence-electron chi connectivity index (χ3n) is 7.89. The largest absolute Gasteiger partial charge is 0.459 e. The highest BCUT2D eigenvalue weighted by molar-refractivity contribution is 5.73. The average molecular weight is 639 g/mol. The summed E-state index contributed by atoms with van der Waals surface area (Å²) in [5.74, 6) is -1.23. The van der Waals surface area contributed by atoms with Crippen molar-refractivity contribution in [1.82, 2.24) is 0 Å². The van der Waals surface area contributed by atoms with E-state index in [1.807, 2.05) is 0 Å². The van der Waals surface area contributed by atoms with Crippen molar-refractivity contribution in [3.05, 3.63) is 60.3 Å². The maximum atomic E-state index is 13.1. The van der Waals surface area contributed by atoms with Crippen molar-refractivity contribution in [1.29, 1.82) is 0 Å². The van der Waals surface area contributed by atoms with E-state index < -0.39 is 66.8 Å². The number of aliphatic hydroxyl groups excluding tert-OH is 8. The molecule has 0 amide bonds. The van der Waals surface area contributed by atoms with Crippen LogP contribution in [0.5, 0.6) is 0 Å². The van der Waals surface area contributed by atoms with Gasteiger partial charge in [-0.1, -0.05) is 81.4 Å². The average Bonchev–Trinajstić information content (AvgIpc) is 2.92. The Bertz CT molecular complexity index is 971. The first-order valence-electron chi connectivity index (χ1n) is 16.2. The Labute approximate surface area is 268 Å². The van der Waals surface area contributed by atoms with Crippen LogP contribution in [0, 0.1) is 11.8 Å². The molecule has 45 heavy (non-hydrogen) atoms. The zero-order valence-corrected chi connectivity index (χ0v) is 27.3. The summed E-state index contributed by atoms with van der Waals surface area (Å²) in [5.41, 5.74) is 0.623. The van der Waals surface area contributed by atoms with E-state index in [0.29, 0.717) is 24.3 Å². The molecule has 0 radical (unpaired) electrons. The van der Waals surface area contributed by atoms with Gasteiger partial charge in [0.2, 0.25) is 0 Å². The number of allylic oxidation sites excluding steroid dienone is 8. The Balaban J connectivity index is 3.09. The van der Waals surface area contributed by atoms with Crippen LogP contribution in [0.2, 0.25) is 0 Å². The highest BCUT2D eigenvalue weighted by Crippen LogP contribution is 2.24. The molecule has 0 aliphatic carbocycles. The van der Waals surface area contributed by atoms with Gasteiger partial charge in [0.1, 0.15) is 12.2 Å². The fourth-order valence-electron chi connectivity index (χ4n) is 5.15. The maximum absolute atomic E-state index is 13.1. The molecule has 10 atom stereocenters. The lowest BCUT2D eigenvalue weighted by Crippen LogP contribution is -2.37. The van der Waals surface area contributed by atoms with Crippen LogP contribution in [-0.2, 0) is 9.53 Å². The molecular weight excluding hydrogens is 580 g/mol. The lowest BCUT2D eigenvalue weighted by Gasteiger charge is -2.27. The molecule has 1 aliphatic rings. The minimum atomic E-state index is -1.26. The maximum Gasteiger partial charge on any atom is 0.311 e. The summed E-state index contributed by atoms with van der Waals surface area (Å²) in [6.07, 6.45) is 6.66. The minimum absolute atomic E-state index is 0.00184. The molecule has 1 rings (SSSR count). The molecule has 0 aromatic heterocycles. The number of hydrogen-bond acceptors (Lipinski definition) is 10. The Morgan fingerprint density at radius 3 is 1.71 bits per heavy atom. The first kappa shape index (κ1) is 40.9. The molecule has 258 valence electrons. The van der Waals surface area contributed by atoms with Crippen LogP contribution >= 0.6 is 0 Å². The van der Waals surface area contributed by atoms with E-state index in [-0.39, 0.29) is 38.5 Å². The van der Waals surface area contributed by atoms with Gasteiger partial charge in [0.05, 0.1) is 48.6 Å². The Morgan fingerprint density at radius 2 is 1.18 bits per heavy atom. The molecule has 10 nitrogen and oxygen atoms in total. The second-order valence-corrected chi connectivity index (χ2v) is 12.8. The minimum Gasteiger partial charge on any atom is -0.459 e. The Morgan fingerprint density at radius 1 is 0.711 bits per heavy atom. The molecule has 8 N–H and O–H groups in total. The first-order valence-corrected chi connectivity index (χ1v) is 16.2. The lowest BCUT2D eigenvalue weighted by molar-refractivity contribution is -0.162. The van der Waals surface area contributed by atoms with Crippen molar-refractivity contribution < 1.29 is 50.4 Å². The van der Waals surface area contributed by atoms with Gasteiger partial charge in [-0.25, -0.2) is 0 Å². The highest BCUT2D eigenvalue weighted by Gasteiger charge is 2.32. The summed E-state index contributed by atoms with van der Waals surface area (Å²) in [4.78, 5) is 13.1. The van der Waals surface area contributed by atoms with Crippen molar-refractivity contribution in [2.24, 2.45) is 11.8 Å². The number of ether oxygens (including phenoxy) is 1. The van der Waals surface area contributed by atoms with Crippen LogP contribution < -0.4 is 0 Å². The lowest BCUT2D eigenvalue weighted by atomic mass is 9.89.